The van der Waals surface area contributed by atoms with Crippen molar-refractivity contribution in [3.05, 3.63) is 64.7 Å². The van der Waals surface area contributed by atoms with Crippen LogP contribution in [-0.4, -0.2) is 33.1 Å². The quantitative estimate of drug-likeness (QED) is 0.447. The molecule has 4 aromatic rings. The van der Waals surface area contributed by atoms with E-state index in [1.807, 2.05) is 63.4 Å². The first kappa shape index (κ1) is 21.7. The Morgan fingerprint density at radius 3 is 2.53 bits per heavy atom. The second kappa shape index (κ2) is 8.92. The summed E-state index contributed by atoms with van der Waals surface area (Å²) in [5.41, 5.74) is 4.53. The van der Waals surface area contributed by atoms with Gasteiger partial charge in [-0.25, -0.2) is 9.67 Å². The maximum absolute atomic E-state index is 13.1. The molecular weight excluding hydrogens is 422 g/mol. The van der Waals surface area contributed by atoms with Crippen LogP contribution in [0.5, 0.6) is 0 Å². The number of para-hydroxylation sites is 1. The third-order valence-electron chi connectivity index (χ3n) is 5.23. The molecule has 3 heterocycles. The third kappa shape index (κ3) is 4.27. The lowest BCUT2D eigenvalue weighted by molar-refractivity contribution is -0.115. The molecule has 2 N–H and O–H groups in total. The van der Waals surface area contributed by atoms with Crippen LogP contribution in [0.3, 0.4) is 0 Å². The Labute approximate surface area is 190 Å². The Bertz CT molecular complexity index is 1270. The zero-order chi connectivity index (χ0) is 22.8. The van der Waals surface area contributed by atoms with Crippen molar-refractivity contribution in [1.29, 1.82) is 0 Å². The van der Waals surface area contributed by atoms with Crippen molar-refractivity contribution in [2.75, 3.05) is 11.9 Å². The predicted octanol–water partition coefficient (Wildman–Crippen LogP) is 4.73. The number of hydrogen-bond acceptors (Lipinski definition) is 5. The van der Waals surface area contributed by atoms with Gasteiger partial charge in [-0.15, -0.1) is 11.3 Å². The van der Waals surface area contributed by atoms with Crippen LogP contribution in [0.1, 0.15) is 41.4 Å². The van der Waals surface area contributed by atoms with Gasteiger partial charge in [-0.05, 0) is 56.3 Å². The molecule has 0 unspecified atom stereocenters. The minimum atomic E-state index is -0.338. The Morgan fingerprint density at radius 2 is 1.88 bits per heavy atom. The Hall–Kier alpha value is -3.52. The highest BCUT2D eigenvalue weighted by molar-refractivity contribution is 7.13. The zero-order valence-corrected chi connectivity index (χ0v) is 19.3. The first-order valence-corrected chi connectivity index (χ1v) is 11.3. The highest BCUT2D eigenvalue weighted by Crippen LogP contribution is 2.29. The molecule has 4 rings (SSSR count). The van der Waals surface area contributed by atoms with E-state index in [0.717, 1.165) is 21.7 Å². The minimum Gasteiger partial charge on any atom is -0.343 e. The molecule has 32 heavy (non-hydrogen) atoms. The molecule has 0 saturated carbocycles. The summed E-state index contributed by atoms with van der Waals surface area (Å²) in [6, 6.07) is 11.6. The molecule has 0 aliphatic heterocycles. The third-order valence-corrected chi connectivity index (χ3v) is 6.12. The molecule has 0 radical (unpaired) electrons. The Balaban J connectivity index is 1.59. The van der Waals surface area contributed by atoms with Crippen molar-refractivity contribution < 1.29 is 9.59 Å². The number of thiophene rings is 1. The summed E-state index contributed by atoms with van der Waals surface area (Å²) in [6.07, 6.45) is 1.66. The van der Waals surface area contributed by atoms with Crippen LogP contribution in [-0.2, 0) is 4.79 Å². The average Bonchev–Trinajstić information content (AvgIpc) is 3.44. The van der Waals surface area contributed by atoms with E-state index in [1.165, 1.54) is 0 Å². The van der Waals surface area contributed by atoms with Gasteiger partial charge in [0.25, 0.3) is 5.91 Å². The van der Waals surface area contributed by atoms with Crippen LogP contribution < -0.4 is 10.6 Å². The summed E-state index contributed by atoms with van der Waals surface area (Å²) in [7, 11) is 0. The van der Waals surface area contributed by atoms with Crippen LogP contribution >= 0.6 is 11.3 Å². The van der Waals surface area contributed by atoms with Crippen molar-refractivity contribution >= 4 is 39.9 Å². The second-order valence-electron chi connectivity index (χ2n) is 7.95. The van der Waals surface area contributed by atoms with E-state index in [1.54, 1.807) is 28.3 Å². The number of rotatable bonds is 6. The second-order valence-corrected chi connectivity index (χ2v) is 8.90. The average molecular weight is 448 g/mol. The molecule has 164 valence electrons. The lowest BCUT2D eigenvalue weighted by Gasteiger charge is -2.13. The van der Waals surface area contributed by atoms with Crippen molar-refractivity contribution in [2.24, 2.45) is 0 Å². The topological polar surface area (TPSA) is 88.9 Å². The Morgan fingerprint density at radius 1 is 1.12 bits per heavy atom. The molecule has 3 aromatic heterocycles. The summed E-state index contributed by atoms with van der Waals surface area (Å²) >= 11 is 1.56. The number of aryl methyl sites for hydroxylation is 2. The van der Waals surface area contributed by atoms with Gasteiger partial charge in [0, 0.05) is 11.7 Å². The Kier molecular flexibility index (Phi) is 6.05. The van der Waals surface area contributed by atoms with Gasteiger partial charge < -0.3 is 10.6 Å². The van der Waals surface area contributed by atoms with Crippen LogP contribution in [0.2, 0.25) is 0 Å². The lowest BCUT2D eigenvalue weighted by atomic mass is 10.1. The molecule has 0 fully saturated rings. The fraction of sp³-hybridized carbons (Fsp3) is 0.250. The van der Waals surface area contributed by atoms with E-state index >= 15 is 0 Å². The summed E-state index contributed by atoms with van der Waals surface area (Å²) in [5.74, 6) is -0.618. The monoisotopic (exact) mass is 447 g/mol. The van der Waals surface area contributed by atoms with Crippen molar-refractivity contribution in [3.63, 3.8) is 0 Å². The van der Waals surface area contributed by atoms with Gasteiger partial charge in [-0.2, -0.15) is 5.10 Å². The number of aromatic nitrogens is 3. The van der Waals surface area contributed by atoms with Crippen molar-refractivity contribution in [3.8, 4) is 10.6 Å². The first-order valence-electron chi connectivity index (χ1n) is 10.4. The molecule has 0 spiro atoms. The van der Waals surface area contributed by atoms with Gasteiger partial charge in [0.1, 0.15) is 0 Å². The van der Waals surface area contributed by atoms with Gasteiger partial charge in [0.2, 0.25) is 5.91 Å². The van der Waals surface area contributed by atoms with Crippen LogP contribution in [0.15, 0.2) is 48.0 Å². The number of hydrogen-bond donors (Lipinski definition) is 2. The number of anilines is 1. The smallest absolute Gasteiger partial charge is 0.252 e. The van der Waals surface area contributed by atoms with Gasteiger partial charge in [0.05, 0.1) is 34.3 Å². The molecular formula is C24H25N5O2S. The standard InChI is InChI=1S/C24H25N5O2S/c1-14(2)29-23-18(12-26-29)17(11-19(27-23)20-9-6-10-32-20)24(31)25-13-21(30)28-22-15(3)7-5-8-16(22)4/h5-12,14H,13H2,1-4H3,(H,25,31)(H,28,30). The molecule has 8 heteroatoms. The molecule has 0 atom stereocenters. The van der Waals surface area contributed by atoms with E-state index in [0.29, 0.717) is 22.3 Å². The molecule has 0 saturated heterocycles. The van der Waals surface area contributed by atoms with Gasteiger partial charge in [0.15, 0.2) is 5.65 Å². The fourth-order valence-electron chi connectivity index (χ4n) is 3.59. The molecule has 7 nitrogen and oxygen atoms in total. The fourth-order valence-corrected chi connectivity index (χ4v) is 4.27. The first-order chi connectivity index (χ1) is 15.3. The number of nitrogens with zero attached hydrogens (tertiary/aromatic N) is 3. The van der Waals surface area contributed by atoms with E-state index < -0.39 is 0 Å². The molecule has 1 aromatic carbocycles. The maximum Gasteiger partial charge on any atom is 0.252 e. The highest BCUT2D eigenvalue weighted by atomic mass is 32.1. The molecule has 0 aliphatic rings. The summed E-state index contributed by atoms with van der Waals surface area (Å²) in [6.45, 7) is 7.77. The number of carbonyl (C=O) groups is 2. The number of pyridine rings is 1. The molecule has 2 amide bonds. The lowest BCUT2D eigenvalue weighted by Crippen LogP contribution is -2.33. The normalized spacial score (nSPS) is 11.2. The van der Waals surface area contributed by atoms with Crippen LogP contribution in [0.4, 0.5) is 5.69 Å². The summed E-state index contributed by atoms with van der Waals surface area (Å²) in [5, 5.41) is 12.7. The van der Waals surface area contributed by atoms with E-state index in [-0.39, 0.29) is 24.4 Å². The highest BCUT2D eigenvalue weighted by Gasteiger charge is 2.19. The number of benzene rings is 1. The van der Waals surface area contributed by atoms with Crippen LogP contribution in [0, 0.1) is 13.8 Å². The maximum atomic E-state index is 13.1. The number of nitrogens with one attached hydrogen (secondary N) is 2. The summed E-state index contributed by atoms with van der Waals surface area (Å²) in [4.78, 5) is 31.3. The van der Waals surface area contributed by atoms with Crippen molar-refractivity contribution in [2.45, 2.75) is 33.7 Å². The van der Waals surface area contributed by atoms with Gasteiger partial charge in [-0.1, -0.05) is 24.3 Å². The van der Waals surface area contributed by atoms with Gasteiger partial charge >= 0.3 is 0 Å². The number of fused-ring (bicyclic) bond motifs is 1. The number of carbonyl (C=O) groups excluding carboxylic acids is 2. The van der Waals surface area contributed by atoms with E-state index in [9.17, 15) is 9.59 Å². The molecule has 0 bridgehead atoms. The van der Waals surface area contributed by atoms with Gasteiger partial charge in [-0.3, -0.25) is 9.59 Å². The predicted molar refractivity (Wildman–Crippen MR) is 128 cm³/mol. The van der Waals surface area contributed by atoms with Crippen molar-refractivity contribution in [1.82, 2.24) is 20.1 Å². The largest absolute Gasteiger partial charge is 0.343 e. The van der Waals surface area contributed by atoms with E-state index in [4.69, 9.17) is 4.98 Å². The minimum absolute atomic E-state index is 0.0950. The van der Waals surface area contributed by atoms with E-state index in [2.05, 4.69) is 15.7 Å². The molecule has 0 aliphatic carbocycles. The SMILES string of the molecule is Cc1cccc(C)c1NC(=O)CNC(=O)c1cc(-c2cccs2)nc2c1cnn2C(C)C. The summed E-state index contributed by atoms with van der Waals surface area (Å²) < 4.78 is 1.80. The van der Waals surface area contributed by atoms with Crippen LogP contribution in [0.25, 0.3) is 21.6 Å². The number of amides is 2. The zero-order valence-electron chi connectivity index (χ0n) is 18.5.